The zero-order valence-electron chi connectivity index (χ0n) is 10.1. The molecule has 3 rings (SSSR count). The summed E-state index contributed by atoms with van der Waals surface area (Å²) < 4.78 is 27.2. The van der Waals surface area contributed by atoms with E-state index in [-0.39, 0.29) is 4.90 Å². The second kappa shape index (κ2) is 4.73. The van der Waals surface area contributed by atoms with Crippen molar-refractivity contribution in [1.29, 1.82) is 0 Å². The fourth-order valence-corrected chi connectivity index (χ4v) is 3.78. The first kappa shape index (κ1) is 12.8. The molecule has 0 radical (unpaired) electrons. The molecule has 0 fully saturated rings. The lowest BCUT2D eigenvalue weighted by Crippen LogP contribution is -2.13. The van der Waals surface area contributed by atoms with Crippen molar-refractivity contribution >= 4 is 43.1 Å². The van der Waals surface area contributed by atoms with Crippen LogP contribution in [-0.4, -0.2) is 18.4 Å². The molecular formula is C12H10N4O2S2. The monoisotopic (exact) mass is 306 g/mol. The molecule has 2 heterocycles. The molecule has 0 bridgehead atoms. The van der Waals surface area contributed by atoms with E-state index in [1.54, 1.807) is 23.6 Å². The summed E-state index contributed by atoms with van der Waals surface area (Å²) in [6, 6.07) is 6.45. The number of nitrogens with two attached hydrogens (primary N) is 1. The van der Waals surface area contributed by atoms with Gasteiger partial charge in [-0.1, -0.05) is 0 Å². The van der Waals surface area contributed by atoms with Gasteiger partial charge in [-0.05, 0) is 24.3 Å². The number of sulfonamides is 1. The molecular weight excluding hydrogens is 296 g/mol. The first-order valence-electron chi connectivity index (χ1n) is 5.63. The molecule has 6 nitrogen and oxygen atoms in total. The molecule has 0 atom stereocenters. The summed E-state index contributed by atoms with van der Waals surface area (Å²) in [5, 5.41) is 2.61. The van der Waals surface area contributed by atoms with E-state index >= 15 is 0 Å². The summed E-state index contributed by atoms with van der Waals surface area (Å²) in [6.07, 6.45) is 3.06. The molecule has 0 aliphatic rings. The molecule has 3 N–H and O–H groups in total. The molecule has 0 spiro atoms. The van der Waals surface area contributed by atoms with Crippen LogP contribution < -0.4 is 10.5 Å². The first-order valence-corrected chi connectivity index (χ1v) is 8.00. The quantitative estimate of drug-likeness (QED) is 0.722. The maximum absolute atomic E-state index is 12.4. The van der Waals surface area contributed by atoms with E-state index in [1.165, 1.54) is 29.8 Å². The van der Waals surface area contributed by atoms with E-state index < -0.39 is 10.0 Å². The molecule has 0 saturated carbocycles. The van der Waals surface area contributed by atoms with E-state index in [9.17, 15) is 8.42 Å². The van der Waals surface area contributed by atoms with E-state index in [0.29, 0.717) is 21.7 Å². The van der Waals surface area contributed by atoms with Crippen LogP contribution in [0.15, 0.2) is 46.9 Å². The highest BCUT2D eigenvalue weighted by molar-refractivity contribution is 7.93. The molecule has 0 amide bonds. The van der Waals surface area contributed by atoms with Crippen molar-refractivity contribution in [3.63, 3.8) is 0 Å². The summed E-state index contributed by atoms with van der Waals surface area (Å²) in [4.78, 5) is 8.11. The van der Waals surface area contributed by atoms with Gasteiger partial charge in [0.15, 0.2) is 5.13 Å². The molecule has 2 aromatic heterocycles. The van der Waals surface area contributed by atoms with Crippen LogP contribution in [0, 0.1) is 0 Å². The number of nitrogens with one attached hydrogen (secondary N) is 1. The summed E-state index contributed by atoms with van der Waals surface area (Å²) in [7, 11) is -3.75. The SMILES string of the molecule is Nc1ccc(S(=O)(=O)Nc2nccs2)c2ncccc12. The second-order valence-electron chi connectivity index (χ2n) is 4.00. The maximum Gasteiger partial charge on any atom is 0.265 e. The molecule has 3 aromatic rings. The van der Waals surface area contributed by atoms with Crippen molar-refractivity contribution in [2.45, 2.75) is 4.90 Å². The fraction of sp³-hybridized carbons (Fsp3) is 0. The van der Waals surface area contributed by atoms with Gasteiger partial charge in [0.05, 0.1) is 5.52 Å². The zero-order valence-corrected chi connectivity index (χ0v) is 11.8. The van der Waals surface area contributed by atoms with Crippen LogP contribution in [0.25, 0.3) is 10.9 Å². The van der Waals surface area contributed by atoms with Gasteiger partial charge in [-0.15, -0.1) is 11.3 Å². The van der Waals surface area contributed by atoms with Crippen molar-refractivity contribution in [1.82, 2.24) is 9.97 Å². The van der Waals surface area contributed by atoms with Gasteiger partial charge in [0.25, 0.3) is 10.0 Å². The summed E-state index contributed by atoms with van der Waals surface area (Å²) in [6.45, 7) is 0. The van der Waals surface area contributed by atoms with Crippen LogP contribution in [0.3, 0.4) is 0 Å². The number of hydrogen-bond acceptors (Lipinski definition) is 6. The number of nitrogen functional groups attached to an aromatic ring is 1. The molecule has 0 saturated heterocycles. The lowest BCUT2D eigenvalue weighted by Gasteiger charge is -2.09. The topological polar surface area (TPSA) is 98.0 Å². The largest absolute Gasteiger partial charge is 0.398 e. The number of aromatic nitrogens is 2. The Hall–Kier alpha value is -2.19. The Kier molecular flexibility index (Phi) is 3.03. The molecule has 102 valence electrons. The number of nitrogens with zero attached hydrogens (tertiary/aromatic N) is 2. The van der Waals surface area contributed by atoms with Crippen LogP contribution in [0.4, 0.5) is 10.8 Å². The third kappa shape index (κ3) is 2.19. The van der Waals surface area contributed by atoms with Crippen molar-refractivity contribution in [3.05, 3.63) is 42.0 Å². The third-order valence-corrected chi connectivity index (χ3v) is 4.90. The molecule has 0 unspecified atom stereocenters. The van der Waals surface area contributed by atoms with Crippen molar-refractivity contribution in [2.75, 3.05) is 10.5 Å². The molecule has 8 heteroatoms. The van der Waals surface area contributed by atoms with E-state index in [1.807, 2.05) is 0 Å². The summed E-state index contributed by atoms with van der Waals surface area (Å²) >= 11 is 1.21. The van der Waals surface area contributed by atoms with Gasteiger partial charge in [-0.25, -0.2) is 13.4 Å². The molecule has 0 aliphatic heterocycles. The predicted octanol–water partition coefficient (Wildman–Crippen LogP) is 2.07. The van der Waals surface area contributed by atoms with Gasteiger partial charge < -0.3 is 5.73 Å². The maximum atomic E-state index is 12.4. The first-order chi connectivity index (χ1) is 9.58. The minimum atomic E-state index is -3.75. The lowest BCUT2D eigenvalue weighted by atomic mass is 10.2. The molecule has 1 aromatic carbocycles. The highest BCUT2D eigenvalue weighted by atomic mass is 32.2. The Morgan fingerprint density at radius 3 is 2.75 bits per heavy atom. The van der Waals surface area contributed by atoms with Crippen LogP contribution in [-0.2, 0) is 10.0 Å². The second-order valence-corrected chi connectivity index (χ2v) is 6.54. The third-order valence-electron chi connectivity index (χ3n) is 2.71. The Bertz CT molecular complexity index is 860. The minimum Gasteiger partial charge on any atom is -0.398 e. The van der Waals surface area contributed by atoms with E-state index in [2.05, 4.69) is 14.7 Å². The highest BCUT2D eigenvalue weighted by Gasteiger charge is 2.20. The summed E-state index contributed by atoms with van der Waals surface area (Å²) in [5.41, 5.74) is 6.67. The average Bonchev–Trinajstić information content (AvgIpc) is 2.91. The van der Waals surface area contributed by atoms with Gasteiger partial charge in [-0.2, -0.15) is 0 Å². The zero-order chi connectivity index (χ0) is 14.2. The smallest absolute Gasteiger partial charge is 0.265 e. The number of hydrogen-bond donors (Lipinski definition) is 2. The Labute approximate surface area is 119 Å². The van der Waals surface area contributed by atoms with Crippen molar-refractivity contribution in [2.24, 2.45) is 0 Å². The van der Waals surface area contributed by atoms with Crippen LogP contribution in [0.2, 0.25) is 0 Å². The number of rotatable bonds is 3. The fourth-order valence-electron chi connectivity index (χ4n) is 1.83. The normalized spacial score (nSPS) is 11.6. The van der Waals surface area contributed by atoms with Crippen LogP contribution in [0.5, 0.6) is 0 Å². The van der Waals surface area contributed by atoms with Gasteiger partial charge in [0.1, 0.15) is 4.90 Å². The lowest BCUT2D eigenvalue weighted by molar-refractivity contribution is 0.602. The Morgan fingerprint density at radius 2 is 2.00 bits per heavy atom. The Morgan fingerprint density at radius 1 is 1.15 bits per heavy atom. The molecule has 20 heavy (non-hydrogen) atoms. The van der Waals surface area contributed by atoms with Gasteiger partial charge in [0, 0.05) is 28.8 Å². The number of anilines is 2. The highest BCUT2D eigenvalue weighted by Crippen LogP contribution is 2.27. The van der Waals surface area contributed by atoms with Crippen LogP contribution in [0.1, 0.15) is 0 Å². The average molecular weight is 306 g/mol. The van der Waals surface area contributed by atoms with Gasteiger partial charge in [0.2, 0.25) is 0 Å². The van der Waals surface area contributed by atoms with E-state index in [0.717, 1.165) is 0 Å². The number of thiazole rings is 1. The number of benzene rings is 1. The summed E-state index contributed by atoms with van der Waals surface area (Å²) in [5.74, 6) is 0. The number of pyridine rings is 1. The standard InChI is InChI=1S/C12H10N4O2S2/c13-9-3-4-10(11-8(9)2-1-5-14-11)20(17,18)16-12-15-6-7-19-12/h1-7H,13H2,(H,15,16). The Balaban J connectivity index is 2.17. The predicted molar refractivity (Wildman–Crippen MR) is 79.1 cm³/mol. The minimum absolute atomic E-state index is 0.0810. The van der Waals surface area contributed by atoms with Crippen molar-refractivity contribution in [3.8, 4) is 0 Å². The number of fused-ring (bicyclic) bond motifs is 1. The van der Waals surface area contributed by atoms with Crippen molar-refractivity contribution < 1.29 is 8.42 Å². The molecule has 0 aliphatic carbocycles. The van der Waals surface area contributed by atoms with Gasteiger partial charge in [-0.3, -0.25) is 9.71 Å². The van der Waals surface area contributed by atoms with E-state index in [4.69, 9.17) is 5.73 Å². The van der Waals surface area contributed by atoms with Crippen LogP contribution >= 0.6 is 11.3 Å². The van der Waals surface area contributed by atoms with Gasteiger partial charge >= 0.3 is 0 Å².